The first-order chi connectivity index (χ1) is 15.8. The van der Waals surface area contributed by atoms with E-state index in [1.165, 1.54) is 6.92 Å². The van der Waals surface area contributed by atoms with Crippen molar-refractivity contribution in [1.82, 2.24) is 9.80 Å². The Morgan fingerprint density at radius 1 is 1.24 bits per heavy atom. The lowest BCUT2D eigenvalue weighted by atomic mass is 9.79. The smallest absolute Gasteiger partial charge is 0.392 e. The summed E-state index contributed by atoms with van der Waals surface area (Å²) in [6.07, 6.45) is -2.48. The highest BCUT2D eigenvalue weighted by Crippen LogP contribution is 2.46. The number of nitrogens with zero attached hydrogens (tertiary/aromatic N) is 2. The number of halogens is 3. The van der Waals surface area contributed by atoms with Crippen LogP contribution in [0.5, 0.6) is 0 Å². The standard InChI is InChI=1S/C23H31F3N2O5S/c1-15(29)22(8-5-19(12-22)27(2)18-6-9-33-10-7-18)21(30)28-13-16-11-17(23(24,25)26)3-4-20(16)34(31,32)14-28/h3-4,11,15,18-19,29H,5-10,12-14H2,1-2H3/t15?,19-,22+/m0/s1. The van der Waals surface area contributed by atoms with Crippen LogP contribution in [0.3, 0.4) is 0 Å². The minimum absolute atomic E-state index is 0.0344. The largest absolute Gasteiger partial charge is 0.416 e. The third-order valence-corrected chi connectivity index (χ3v) is 9.51. The van der Waals surface area contributed by atoms with Gasteiger partial charge in [-0.1, -0.05) is 0 Å². The molecule has 1 unspecified atom stereocenters. The Hall–Kier alpha value is -1.69. The number of aliphatic hydroxyl groups excluding tert-OH is 1. The molecule has 4 rings (SSSR count). The molecular weight excluding hydrogens is 473 g/mol. The van der Waals surface area contributed by atoms with Crippen molar-refractivity contribution in [3.63, 3.8) is 0 Å². The molecule has 2 fully saturated rings. The summed E-state index contributed by atoms with van der Waals surface area (Å²) in [7, 11) is -1.99. The molecule has 0 aromatic heterocycles. The number of amides is 1. The van der Waals surface area contributed by atoms with Crippen LogP contribution in [-0.2, 0) is 32.1 Å². The molecule has 7 nitrogen and oxygen atoms in total. The molecule has 1 aliphatic carbocycles. The van der Waals surface area contributed by atoms with Crippen LogP contribution in [0, 0.1) is 5.41 Å². The Balaban J connectivity index is 1.59. The molecule has 2 heterocycles. The summed E-state index contributed by atoms with van der Waals surface area (Å²) in [6.45, 7) is 2.63. The maximum absolute atomic E-state index is 13.7. The van der Waals surface area contributed by atoms with E-state index < -0.39 is 44.9 Å². The number of ether oxygens (including phenoxy) is 1. The second kappa shape index (κ2) is 9.07. The topological polar surface area (TPSA) is 87.2 Å². The summed E-state index contributed by atoms with van der Waals surface area (Å²) in [5.41, 5.74) is -2.19. The Morgan fingerprint density at radius 2 is 1.91 bits per heavy atom. The number of fused-ring (bicyclic) bond motifs is 1. The van der Waals surface area contributed by atoms with Crippen LogP contribution in [0.25, 0.3) is 0 Å². The minimum atomic E-state index is -4.63. The summed E-state index contributed by atoms with van der Waals surface area (Å²) in [4.78, 5) is 16.9. The number of hydrogen-bond donors (Lipinski definition) is 1. The van der Waals surface area contributed by atoms with Crippen molar-refractivity contribution in [2.45, 2.75) is 74.8 Å². The zero-order chi connectivity index (χ0) is 24.9. The lowest BCUT2D eigenvalue weighted by Gasteiger charge is -2.40. The number of sulfone groups is 1. The lowest BCUT2D eigenvalue weighted by Crippen LogP contribution is -2.52. The average Bonchev–Trinajstić information content (AvgIpc) is 3.24. The van der Waals surface area contributed by atoms with Gasteiger partial charge in [0.25, 0.3) is 0 Å². The van der Waals surface area contributed by atoms with E-state index in [4.69, 9.17) is 4.74 Å². The van der Waals surface area contributed by atoms with Crippen molar-refractivity contribution in [3.8, 4) is 0 Å². The molecule has 0 radical (unpaired) electrons. The highest BCUT2D eigenvalue weighted by Gasteiger charge is 2.53. The van der Waals surface area contributed by atoms with E-state index in [9.17, 15) is 31.5 Å². The maximum Gasteiger partial charge on any atom is 0.416 e. The van der Waals surface area contributed by atoms with Gasteiger partial charge in [0, 0.05) is 31.8 Å². The van der Waals surface area contributed by atoms with Gasteiger partial charge in [-0.15, -0.1) is 0 Å². The quantitative estimate of drug-likeness (QED) is 0.679. The third-order valence-electron chi connectivity index (χ3n) is 7.79. The van der Waals surface area contributed by atoms with Gasteiger partial charge < -0.3 is 19.6 Å². The van der Waals surface area contributed by atoms with Gasteiger partial charge >= 0.3 is 6.18 Å². The summed E-state index contributed by atoms with van der Waals surface area (Å²) in [5, 5.41) is 10.7. The van der Waals surface area contributed by atoms with Crippen LogP contribution < -0.4 is 0 Å². The van der Waals surface area contributed by atoms with E-state index in [-0.39, 0.29) is 23.0 Å². The van der Waals surface area contributed by atoms with Gasteiger partial charge in [0.2, 0.25) is 5.91 Å². The van der Waals surface area contributed by atoms with Crippen LogP contribution in [0.15, 0.2) is 23.1 Å². The average molecular weight is 505 g/mol. The van der Waals surface area contributed by atoms with Crippen molar-refractivity contribution in [2.24, 2.45) is 5.41 Å². The predicted molar refractivity (Wildman–Crippen MR) is 117 cm³/mol. The summed E-state index contributed by atoms with van der Waals surface area (Å²) in [5.74, 6) is -1.13. The van der Waals surface area contributed by atoms with Crippen molar-refractivity contribution in [1.29, 1.82) is 0 Å². The zero-order valence-electron chi connectivity index (χ0n) is 19.3. The number of aliphatic hydroxyl groups is 1. The molecule has 2 aliphatic heterocycles. The van der Waals surface area contributed by atoms with Crippen LogP contribution in [0.2, 0.25) is 0 Å². The van der Waals surface area contributed by atoms with E-state index in [0.29, 0.717) is 38.5 Å². The van der Waals surface area contributed by atoms with Gasteiger partial charge in [-0.2, -0.15) is 13.2 Å². The van der Waals surface area contributed by atoms with E-state index in [0.717, 1.165) is 35.9 Å². The van der Waals surface area contributed by atoms with Crippen LogP contribution >= 0.6 is 0 Å². The molecule has 1 saturated heterocycles. The number of carbonyl (C=O) groups is 1. The van der Waals surface area contributed by atoms with E-state index >= 15 is 0 Å². The van der Waals surface area contributed by atoms with Gasteiger partial charge in [0.05, 0.1) is 22.0 Å². The molecule has 0 bridgehead atoms. The summed E-state index contributed by atoms with van der Waals surface area (Å²) < 4.78 is 70.8. The van der Waals surface area contributed by atoms with Crippen molar-refractivity contribution in [2.75, 3.05) is 26.1 Å². The number of alkyl halides is 3. The fourth-order valence-corrected chi connectivity index (χ4v) is 7.25. The highest BCUT2D eigenvalue weighted by atomic mass is 32.2. The Morgan fingerprint density at radius 3 is 2.53 bits per heavy atom. The molecule has 3 atom stereocenters. The summed E-state index contributed by atoms with van der Waals surface area (Å²) >= 11 is 0. The first-order valence-electron chi connectivity index (χ1n) is 11.6. The molecule has 1 aromatic rings. The highest BCUT2D eigenvalue weighted by molar-refractivity contribution is 7.91. The van der Waals surface area contributed by atoms with Gasteiger partial charge in [-0.3, -0.25) is 4.79 Å². The van der Waals surface area contributed by atoms with Gasteiger partial charge in [-0.25, -0.2) is 8.42 Å². The normalized spacial score (nSPS) is 28.7. The van der Waals surface area contributed by atoms with Crippen LogP contribution in [0.1, 0.15) is 50.2 Å². The molecule has 3 aliphatic rings. The fraction of sp³-hybridized carbons (Fsp3) is 0.696. The van der Waals surface area contributed by atoms with Gasteiger partial charge in [0.1, 0.15) is 5.88 Å². The molecular formula is C23H31F3N2O5S. The molecule has 1 aromatic carbocycles. The molecule has 1 amide bonds. The Bertz CT molecular complexity index is 1040. The predicted octanol–water partition coefficient (Wildman–Crippen LogP) is 2.81. The lowest BCUT2D eigenvalue weighted by molar-refractivity contribution is -0.148. The second-order valence-corrected chi connectivity index (χ2v) is 11.7. The van der Waals surface area contributed by atoms with Crippen molar-refractivity contribution >= 4 is 15.7 Å². The number of rotatable bonds is 4. The van der Waals surface area contributed by atoms with E-state index in [1.807, 2.05) is 7.05 Å². The molecule has 1 N–H and O–H groups in total. The SMILES string of the molecule is CC(O)[C@@]1(C(=O)N2Cc3cc(C(F)(F)F)ccc3S(=O)(=O)C2)CC[C@H](N(C)C2CCOCC2)C1. The van der Waals surface area contributed by atoms with Gasteiger partial charge in [-0.05, 0) is 69.8 Å². The summed E-state index contributed by atoms with van der Waals surface area (Å²) in [6, 6.07) is 2.86. The molecule has 34 heavy (non-hydrogen) atoms. The first kappa shape index (κ1) is 25.4. The van der Waals surface area contributed by atoms with E-state index in [2.05, 4.69) is 4.90 Å². The molecule has 11 heteroatoms. The molecule has 190 valence electrons. The van der Waals surface area contributed by atoms with Gasteiger partial charge in [0.15, 0.2) is 9.84 Å². The monoisotopic (exact) mass is 504 g/mol. The Labute approximate surface area is 197 Å². The zero-order valence-corrected chi connectivity index (χ0v) is 20.2. The minimum Gasteiger partial charge on any atom is -0.392 e. The number of hydrogen-bond acceptors (Lipinski definition) is 6. The second-order valence-electron chi connectivity index (χ2n) is 9.80. The number of benzene rings is 1. The Kier molecular flexibility index (Phi) is 6.78. The number of carbonyl (C=O) groups excluding carboxylic acids is 1. The van der Waals surface area contributed by atoms with Crippen molar-refractivity contribution < 1.29 is 36.2 Å². The van der Waals surface area contributed by atoms with Crippen LogP contribution in [-0.4, -0.2) is 73.6 Å². The third kappa shape index (κ3) is 4.59. The maximum atomic E-state index is 13.7. The van der Waals surface area contributed by atoms with Crippen molar-refractivity contribution in [3.05, 3.63) is 29.3 Å². The first-order valence-corrected chi connectivity index (χ1v) is 13.2. The molecule has 1 saturated carbocycles. The van der Waals surface area contributed by atoms with E-state index in [1.54, 1.807) is 0 Å². The molecule has 0 spiro atoms. The van der Waals surface area contributed by atoms with Crippen LogP contribution in [0.4, 0.5) is 13.2 Å². The fourth-order valence-electron chi connectivity index (χ4n) is 5.69.